The Morgan fingerprint density at radius 3 is 2.88 bits per heavy atom. The second kappa shape index (κ2) is 6.36. The summed E-state index contributed by atoms with van der Waals surface area (Å²) >= 11 is 11.9. The van der Waals surface area contributed by atoms with Gasteiger partial charge in [0.25, 0.3) is 0 Å². The average molecular weight is 365 g/mol. The zero-order valence-corrected chi connectivity index (χ0v) is 14.3. The number of rotatable bonds is 3. The molecule has 6 heteroatoms. The van der Waals surface area contributed by atoms with Gasteiger partial charge in [-0.25, -0.2) is 9.37 Å². The molecule has 2 aromatic heterocycles. The van der Waals surface area contributed by atoms with Crippen LogP contribution in [0.25, 0.3) is 22.2 Å². The Hall–Kier alpha value is -1.62. The van der Waals surface area contributed by atoms with Crippen LogP contribution in [0.2, 0.25) is 10.2 Å². The van der Waals surface area contributed by atoms with Crippen molar-refractivity contribution in [2.75, 3.05) is 13.2 Å². The zero-order valence-electron chi connectivity index (χ0n) is 12.8. The molecule has 1 saturated heterocycles. The lowest BCUT2D eigenvalue weighted by Gasteiger charge is -2.09. The van der Waals surface area contributed by atoms with E-state index in [1.165, 1.54) is 6.07 Å². The molecule has 3 aromatic rings. The van der Waals surface area contributed by atoms with E-state index < -0.39 is 5.82 Å². The van der Waals surface area contributed by atoms with Crippen LogP contribution in [-0.2, 0) is 11.3 Å². The van der Waals surface area contributed by atoms with Gasteiger partial charge in [-0.1, -0.05) is 29.3 Å². The van der Waals surface area contributed by atoms with Gasteiger partial charge in [-0.3, -0.25) is 0 Å². The first-order chi connectivity index (χ1) is 11.6. The van der Waals surface area contributed by atoms with Gasteiger partial charge in [0, 0.05) is 36.2 Å². The Bertz CT molecular complexity index is 903. The fraction of sp³-hybridized carbons (Fsp3) is 0.278. The van der Waals surface area contributed by atoms with Crippen molar-refractivity contribution < 1.29 is 9.13 Å². The second-order valence-electron chi connectivity index (χ2n) is 6.06. The molecule has 0 bridgehead atoms. The first kappa shape index (κ1) is 15.9. The zero-order chi connectivity index (χ0) is 16.7. The number of nitrogens with zero attached hydrogens (tertiary/aromatic N) is 2. The predicted octanol–water partition coefficient (Wildman–Crippen LogP) is 5.19. The molecule has 1 fully saturated rings. The number of hydrogen-bond acceptors (Lipinski definition) is 2. The van der Waals surface area contributed by atoms with E-state index in [0.717, 1.165) is 48.3 Å². The van der Waals surface area contributed by atoms with Crippen LogP contribution in [0.4, 0.5) is 4.39 Å². The molecule has 1 atom stereocenters. The summed E-state index contributed by atoms with van der Waals surface area (Å²) in [5, 5.41) is 1.50. The van der Waals surface area contributed by atoms with E-state index in [2.05, 4.69) is 9.55 Å². The fourth-order valence-corrected chi connectivity index (χ4v) is 3.44. The third-order valence-corrected chi connectivity index (χ3v) is 4.91. The summed E-state index contributed by atoms with van der Waals surface area (Å²) in [5.41, 5.74) is 2.50. The van der Waals surface area contributed by atoms with Crippen molar-refractivity contribution in [1.82, 2.24) is 9.55 Å². The molecule has 124 valence electrons. The molecular weight excluding hydrogens is 350 g/mol. The summed E-state index contributed by atoms with van der Waals surface area (Å²) in [7, 11) is 0. The topological polar surface area (TPSA) is 27.1 Å². The van der Waals surface area contributed by atoms with Crippen molar-refractivity contribution in [3.8, 4) is 11.1 Å². The van der Waals surface area contributed by atoms with Crippen LogP contribution < -0.4 is 0 Å². The van der Waals surface area contributed by atoms with Gasteiger partial charge in [-0.05, 0) is 36.2 Å². The van der Waals surface area contributed by atoms with Crippen molar-refractivity contribution >= 4 is 34.2 Å². The quantitative estimate of drug-likeness (QED) is 0.598. The normalized spacial score (nSPS) is 17.7. The molecular formula is C18H15Cl2FN2O. The van der Waals surface area contributed by atoms with E-state index in [1.807, 2.05) is 18.3 Å². The largest absolute Gasteiger partial charge is 0.381 e. The van der Waals surface area contributed by atoms with Gasteiger partial charge in [-0.2, -0.15) is 0 Å². The van der Waals surface area contributed by atoms with Crippen LogP contribution >= 0.6 is 23.2 Å². The van der Waals surface area contributed by atoms with E-state index in [1.54, 1.807) is 12.1 Å². The number of halogens is 3. The summed E-state index contributed by atoms with van der Waals surface area (Å²) in [4.78, 5) is 4.47. The molecule has 0 radical (unpaired) electrons. The van der Waals surface area contributed by atoms with Crippen molar-refractivity contribution in [3.63, 3.8) is 0 Å². The standard InChI is InChI=1S/C18H15Cl2FN2O/c19-15-3-1-12(7-16(15)21)14-9-23(8-11-5-6-24-10-11)18-13(14)2-4-17(20)22-18/h1-4,7,9,11H,5-6,8,10H2/t11-/m1/s1. The number of fused-ring (bicyclic) bond motifs is 1. The van der Waals surface area contributed by atoms with Crippen LogP contribution in [0, 0.1) is 11.7 Å². The van der Waals surface area contributed by atoms with Gasteiger partial charge in [0.2, 0.25) is 0 Å². The second-order valence-corrected chi connectivity index (χ2v) is 6.85. The van der Waals surface area contributed by atoms with E-state index in [4.69, 9.17) is 27.9 Å². The van der Waals surface area contributed by atoms with Crippen molar-refractivity contribution in [3.05, 3.63) is 52.5 Å². The Kier molecular flexibility index (Phi) is 4.21. The maximum absolute atomic E-state index is 13.9. The van der Waals surface area contributed by atoms with Crippen molar-refractivity contribution in [1.29, 1.82) is 0 Å². The van der Waals surface area contributed by atoms with Gasteiger partial charge in [0.15, 0.2) is 0 Å². The number of pyridine rings is 1. The molecule has 0 unspecified atom stereocenters. The molecule has 3 heterocycles. The summed E-state index contributed by atoms with van der Waals surface area (Å²) in [5.74, 6) is 0.0253. The molecule has 1 aliphatic rings. The maximum atomic E-state index is 13.9. The van der Waals surface area contributed by atoms with Crippen molar-refractivity contribution in [2.24, 2.45) is 5.92 Å². The highest BCUT2D eigenvalue weighted by Gasteiger charge is 2.19. The van der Waals surface area contributed by atoms with Gasteiger partial charge in [0.1, 0.15) is 16.6 Å². The number of ether oxygens (including phenoxy) is 1. The monoisotopic (exact) mass is 364 g/mol. The summed E-state index contributed by atoms with van der Waals surface area (Å²) in [6.07, 6.45) is 3.04. The van der Waals surface area contributed by atoms with Gasteiger partial charge in [-0.15, -0.1) is 0 Å². The summed E-state index contributed by atoms with van der Waals surface area (Å²) in [6, 6.07) is 8.52. The van der Waals surface area contributed by atoms with E-state index >= 15 is 0 Å². The van der Waals surface area contributed by atoms with E-state index in [0.29, 0.717) is 11.1 Å². The number of hydrogen-bond donors (Lipinski definition) is 0. The molecule has 4 rings (SSSR count). The Labute approximate surface area is 149 Å². The van der Waals surface area contributed by atoms with Crippen LogP contribution in [0.15, 0.2) is 36.5 Å². The third-order valence-electron chi connectivity index (χ3n) is 4.40. The molecule has 3 nitrogen and oxygen atoms in total. The minimum absolute atomic E-state index is 0.117. The van der Waals surface area contributed by atoms with Crippen LogP contribution in [0.3, 0.4) is 0 Å². The lowest BCUT2D eigenvalue weighted by molar-refractivity contribution is 0.182. The van der Waals surface area contributed by atoms with Crippen LogP contribution in [-0.4, -0.2) is 22.8 Å². The molecule has 0 spiro atoms. The van der Waals surface area contributed by atoms with Gasteiger partial charge < -0.3 is 9.30 Å². The van der Waals surface area contributed by atoms with Crippen LogP contribution in [0.1, 0.15) is 6.42 Å². The highest BCUT2D eigenvalue weighted by molar-refractivity contribution is 6.31. The van der Waals surface area contributed by atoms with Crippen molar-refractivity contribution in [2.45, 2.75) is 13.0 Å². The molecule has 0 aliphatic carbocycles. The Morgan fingerprint density at radius 1 is 1.25 bits per heavy atom. The fourth-order valence-electron chi connectivity index (χ4n) is 3.18. The molecule has 1 aromatic carbocycles. The van der Waals surface area contributed by atoms with Crippen LogP contribution in [0.5, 0.6) is 0 Å². The highest BCUT2D eigenvalue weighted by Crippen LogP contribution is 2.33. The lowest BCUT2D eigenvalue weighted by Crippen LogP contribution is -2.10. The summed E-state index contributed by atoms with van der Waals surface area (Å²) < 4.78 is 21.4. The first-order valence-corrected chi connectivity index (χ1v) is 8.56. The SMILES string of the molecule is Fc1cc(-c2cn(C[C@H]3CCOC3)c3nc(Cl)ccc23)ccc1Cl. The lowest BCUT2D eigenvalue weighted by atomic mass is 10.1. The average Bonchev–Trinajstić information content (AvgIpc) is 3.19. The van der Waals surface area contributed by atoms with Gasteiger partial charge >= 0.3 is 0 Å². The molecule has 0 amide bonds. The van der Waals surface area contributed by atoms with E-state index in [9.17, 15) is 4.39 Å². The maximum Gasteiger partial charge on any atom is 0.142 e. The Balaban J connectivity index is 1.84. The molecule has 24 heavy (non-hydrogen) atoms. The predicted molar refractivity (Wildman–Crippen MR) is 94.1 cm³/mol. The number of benzene rings is 1. The first-order valence-electron chi connectivity index (χ1n) is 7.80. The smallest absolute Gasteiger partial charge is 0.142 e. The minimum atomic E-state index is -0.429. The van der Waals surface area contributed by atoms with Gasteiger partial charge in [0.05, 0.1) is 11.6 Å². The number of aromatic nitrogens is 2. The molecule has 0 saturated carbocycles. The van der Waals surface area contributed by atoms with E-state index in [-0.39, 0.29) is 5.02 Å². The molecule has 0 N–H and O–H groups in total. The third kappa shape index (κ3) is 2.90. The summed E-state index contributed by atoms with van der Waals surface area (Å²) in [6.45, 7) is 2.36. The highest BCUT2D eigenvalue weighted by atomic mass is 35.5. The minimum Gasteiger partial charge on any atom is -0.381 e. The Morgan fingerprint density at radius 2 is 2.12 bits per heavy atom. The molecule has 1 aliphatic heterocycles.